The van der Waals surface area contributed by atoms with E-state index >= 15 is 0 Å². The van der Waals surface area contributed by atoms with Crippen molar-refractivity contribution < 1.29 is 14.3 Å². The van der Waals surface area contributed by atoms with Gasteiger partial charge in [0.25, 0.3) is 0 Å². The summed E-state index contributed by atoms with van der Waals surface area (Å²) in [6, 6.07) is 7.52. The van der Waals surface area contributed by atoms with Crippen LogP contribution in [0.5, 0.6) is 11.5 Å². The molecular formula is C22H29N5O3. The van der Waals surface area contributed by atoms with Crippen molar-refractivity contribution >= 4 is 23.2 Å². The highest BCUT2D eigenvalue weighted by atomic mass is 16.6. The van der Waals surface area contributed by atoms with Crippen molar-refractivity contribution in [3.63, 3.8) is 0 Å². The Hall–Kier alpha value is -3.03. The SMILES string of the molecule is CCNc1cc(N2CCC[C@H](CCC(=O)Nc3ccc4c(c3)OCCO4)C2)ncn1. The normalized spacial score (nSPS) is 18.0. The lowest BCUT2D eigenvalue weighted by Gasteiger charge is -2.33. The molecule has 0 spiro atoms. The van der Waals surface area contributed by atoms with E-state index in [0.29, 0.717) is 31.3 Å². The molecule has 4 rings (SSSR count). The molecule has 1 amide bonds. The highest BCUT2D eigenvalue weighted by molar-refractivity contribution is 5.91. The van der Waals surface area contributed by atoms with Crippen molar-refractivity contribution in [2.24, 2.45) is 5.92 Å². The molecule has 0 radical (unpaired) electrons. The molecular weight excluding hydrogens is 382 g/mol. The van der Waals surface area contributed by atoms with Crippen LogP contribution in [0, 0.1) is 5.92 Å². The lowest BCUT2D eigenvalue weighted by molar-refractivity contribution is -0.116. The van der Waals surface area contributed by atoms with Gasteiger partial charge >= 0.3 is 0 Å². The molecule has 1 saturated heterocycles. The van der Waals surface area contributed by atoms with Crippen LogP contribution in [-0.4, -0.2) is 48.7 Å². The van der Waals surface area contributed by atoms with Crippen molar-refractivity contribution in [1.29, 1.82) is 0 Å². The predicted molar refractivity (Wildman–Crippen MR) is 116 cm³/mol. The van der Waals surface area contributed by atoms with Gasteiger partial charge in [-0.15, -0.1) is 0 Å². The Morgan fingerprint density at radius 1 is 1.20 bits per heavy atom. The smallest absolute Gasteiger partial charge is 0.224 e. The zero-order chi connectivity index (χ0) is 20.8. The molecule has 3 heterocycles. The van der Waals surface area contributed by atoms with Gasteiger partial charge in [-0.1, -0.05) is 0 Å². The van der Waals surface area contributed by atoms with E-state index in [1.54, 1.807) is 6.33 Å². The first-order valence-electron chi connectivity index (χ1n) is 10.7. The Kier molecular flexibility index (Phi) is 6.51. The zero-order valence-corrected chi connectivity index (χ0v) is 17.4. The number of nitrogens with one attached hydrogen (secondary N) is 2. The van der Waals surface area contributed by atoms with Crippen LogP contribution < -0.4 is 25.0 Å². The largest absolute Gasteiger partial charge is 0.486 e. The molecule has 2 aliphatic heterocycles. The molecule has 2 aromatic rings. The number of anilines is 3. The summed E-state index contributed by atoms with van der Waals surface area (Å²) in [5, 5.41) is 6.21. The maximum absolute atomic E-state index is 12.5. The number of hydrogen-bond acceptors (Lipinski definition) is 7. The average molecular weight is 412 g/mol. The van der Waals surface area contributed by atoms with Gasteiger partial charge in [0.1, 0.15) is 31.2 Å². The molecule has 1 aromatic carbocycles. The number of carbonyl (C=O) groups is 1. The van der Waals surface area contributed by atoms with Crippen LogP contribution in [0.3, 0.4) is 0 Å². The van der Waals surface area contributed by atoms with Crippen LogP contribution in [-0.2, 0) is 4.79 Å². The topological polar surface area (TPSA) is 88.6 Å². The average Bonchev–Trinajstić information content (AvgIpc) is 2.78. The molecule has 0 bridgehead atoms. The first kappa shape index (κ1) is 20.3. The van der Waals surface area contributed by atoms with E-state index in [-0.39, 0.29) is 5.91 Å². The fourth-order valence-electron chi connectivity index (χ4n) is 3.99. The minimum Gasteiger partial charge on any atom is -0.486 e. The molecule has 8 heteroatoms. The number of aromatic nitrogens is 2. The van der Waals surface area contributed by atoms with Gasteiger partial charge in [-0.3, -0.25) is 4.79 Å². The van der Waals surface area contributed by atoms with E-state index in [1.165, 1.54) is 0 Å². The third-order valence-corrected chi connectivity index (χ3v) is 5.46. The number of benzene rings is 1. The quantitative estimate of drug-likeness (QED) is 0.722. The maximum atomic E-state index is 12.5. The highest BCUT2D eigenvalue weighted by Crippen LogP contribution is 2.33. The van der Waals surface area contributed by atoms with Gasteiger partial charge in [-0.05, 0) is 44.2 Å². The van der Waals surface area contributed by atoms with Crippen molar-refractivity contribution in [2.45, 2.75) is 32.6 Å². The summed E-state index contributed by atoms with van der Waals surface area (Å²) < 4.78 is 11.1. The summed E-state index contributed by atoms with van der Waals surface area (Å²) >= 11 is 0. The minimum atomic E-state index is 0.0280. The van der Waals surface area contributed by atoms with Crippen molar-refractivity contribution in [2.75, 3.05) is 48.4 Å². The molecule has 1 aromatic heterocycles. The second kappa shape index (κ2) is 9.65. The summed E-state index contributed by atoms with van der Waals surface area (Å²) in [6.07, 6.45) is 5.21. The van der Waals surface area contributed by atoms with Crippen molar-refractivity contribution in [3.8, 4) is 11.5 Å². The Morgan fingerprint density at radius 2 is 2.07 bits per heavy atom. The van der Waals surface area contributed by atoms with E-state index in [0.717, 1.165) is 62.0 Å². The van der Waals surface area contributed by atoms with Gasteiger partial charge in [0.05, 0.1) is 0 Å². The summed E-state index contributed by atoms with van der Waals surface area (Å²) in [6.45, 7) is 5.88. The fourth-order valence-corrected chi connectivity index (χ4v) is 3.99. The third kappa shape index (κ3) is 5.11. The van der Waals surface area contributed by atoms with Crippen LogP contribution in [0.2, 0.25) is 0 Å². The van der Waals surface area contributed by atoms with E-state index in [1.807, 2.05) is 24.3 Å². The Morgan fingerprint density at radius 3 is 2.93 bits per heavy atom. The molecule has 1 atom stereocenters. The highest BCUT2D eigenvalue weighted by Gasteiger charge is 2.22. The van der Waals surface area contributed by atoms with Gasteiger partial charge in [-0.2, -0.15) is 0 Å². The third-order valence-electron chi connectivity index (χ3n) is 5.46. The molecule has 160 valence electrons. The number of nitrogens with zero attached hydrogens (tertiary/aromatic N) is 3. The minimum absolute atomic E-state index is 0.0280. The summed E-state index contributed by atoms with van der Waals surface area (Å²) in [4.78, 5) is 23.5. The Balaban J connectivity index is 1.28. The number of fused-ring (bicyclic) bond motifs is 1. The number of amides is 1. The standard InChI is InChI=1S/C22H29N5O3/c1-2-23-20-13-21(25-15-24-20)27-9-3-4-16(14-27)5-8-22(28)26-17-6-7-18-19(12-17)30-11-10-29-18/h6-7,12-13,15-16H,2-5,8-11,14H2,1H3,(H,26,28)(H,23,24,25)/t16-/m1/s1. The number of rotatable bonds is 7. The molecule has 0 unspecified atom stereocenters. The van der Waals surface area contributed by atoms with Gasteiger partial charge < -0.3 is 25.0 Å². The molecule has 2 N–H and O–H groups in total. The van der Waals surface area contributed by atoms with E-state index in [4.69, 9.17) is 9.47 Å². The molecule has 8 nitrogen and oxygen atoms in total. The number of piperidine rings is 1. The molecule has 0 aliphatic carbocycles. The molecule has 1 fully saturated rings. The number of ether oxygens (including phenoxy) is 2. The van der Waals surface area contributed by atoms with E-state index < -0.39 is 0 Å². The first-order valence-corrected chi connectivity index (χ1v) is 10.7. The summed E-state index contributed by atoms with van der Waals surface area (Å²) in [7, 11) is 0. The molecule has 0 saturated carbocycles. The second-order valence-electron chi connectivity index (χ2n) is 7.69. The lowest BCUT2D eigenvalue weighted by Crippen LogP contribution is -2.36. The Labute approximate surface area is 177 Å². The van der Waals surface area contributed by atoms with Crippen LogP contribution in [0.25, 0.3) is 0 Å². The van der Waals surface area contributed by atoms with Gasteiger partial charge in [0.15, 0.2) is 11.5 Å². The monoisotopic (exact) mass is 411 g/mol. The fraction of sp³-hybridized carbons (Fsp3) is 0.500. The van der Waals surface area contributed by atoms with Gasteiger partial charge in [0, 0.05) is 43.9 Å². The second-order valence-corrected chi connectivity index (χ2v) is 7.69. The van der Waals surface area contributed by atoms with Gasteiger partial charge in [0.2, 0.25) is 5.91 Å². The number of hydrogen-bond donors (Lipinski definition) is 2. The van der Waals surface area contributed by atoms with Gasteiger partial charge in [-0.25, -0.2) is 9.97 Å². The van der Waals surface area contributed by atoms with Crippen LogP contribution in [0.4, 0.5) is 17.3 Å². The van der Waals surface area contributed by atoms with E-state index in [2.05, 4.69) is 32.4 Å². The zero-order valence-electron chi connectivity index (χ0n) is 17.4. The van der Waals surface area contributed by atoms with E-state index in [9.17, 15) is 4.79 Å². The van der Waals surface area contributed by atoms with Crippen LogP contribution in [0.1, 0.15) is 32.6 Å². The number of carbonyl (C=O) groups excluding carboxylic acids is 1. The van der Waals surface area contributed by atoms with Crippen LogP contribution >= 0.6 is 0 Å². The maximum Gasteiger partial charge on any atom is 0.224 e. The first-order chi connectivity index (χ1) is 14.7. The predicted octanol–water partition coefficient (Wildman–Crippen LogP) is 3.31. The lowest BCUT2D eigenvalue weighted by atomic mass is 9.93. The van der Waals surface area contributed by atoms with Crippen molar-refractivity contribution in [3.05, 3.63) is 30.6 Å². The molecule has 2 aliphatic rings. The van der Waals surface area contributed by atoms with Crippen LogP contribution in [0.15, 0.2) is 30.6 Å². The summed E-state index contributed by atoms with van der Waals surface area (Å²) in [5.74, 6) is 3.71. The Bertz CT molecular complexity index is 876. The molecule has 30 heavy (non-hydrogen) atoms. The summed E-state index contributed by atoms with van der Waals surface area (Å²) in [5.41, 5.74) is 0.742. The van der Waals surface area contributed by atoms with Crippen molar-refractivity contribution in [1.82, 2.24) is 9.97 Å².